The van der Waals surface area contributed by atoms with Gasteiger partial charge in [-0.05, 0) is 11.1 Å². The fourth-order valence-corrected chi connectivity index (χ4v) is 3.76. The standard InChI is InChI=1S/C21H23ClFN5O/c1-26-11-16(10-24)14-2-4-15(5-3-14)17-12-27-13-18(22)19(17)28-8-6-21(23,7-9-28)20(25)29/h2-5,10-13H,6-9,24H2,1H3,(H2,25,29). The molecule has 1 aromatic heterocycles. The maximum absolute atomic E-state index is 14.6. The number of benzene rings is 1. The van der Waals surface area contributed by atoms with Crippen LogP contribution < -0.4 is 16.4 Å². The Hall–Kier alpha value is -2.93. The first-order chi connectivity index (χ1) is 13.9. The minimum Gasteiger partial charge on any atom is -0.404 e. The van der Waals surface area contributed by atoms with E-state index >= 15 is 0 Å². The van der Waals surface area contributed by atoms with Crippen LogP contribution in [0.3, 0.4) is 0 Å². The lowest BCUT2D eigenvalue weighted by Crippen LogP contribution is -2.49. The predicted molar refractivity (Wildman–Crippen MR) is 116 cm³/mol. The van der Waals surface area contributed by atoms with Gasteiger partial charge in [0.2, 0.25) is 0 Å². The first-order valence-electron chi connectivity index (χ1n) is 9.22. The van der Waals surface area contributed by atoms with Crippen LogP contribution in [-0.2, 0) is 4.79 Å². The predicted octanol–water partition coefficient (Wildman–Crippen LogP) is 3.20. The van der Waals surface area contributed by atoms with Crippen LogP contribution in [0.25, 0.3) is 16.7 Å². The van der Waals surface area contributed by atoms with Gasteiger partial charge in [-0.2, -0.15) is 0 Å². The molecule has 1 fully saturated rings. The molecular weight excluding hydrogens is 393 g/mol. The van der Waals surface area contributed by atoms with Gasteiger partial charge in [0.25, 0.3) is 5.91 Å². The fraction of sp³-hybridized carbons (Fsp3) is 0.286. The molecule has 0 radical (unpaired) electrons. The van der Waals surface area contributed by atoms with Crippen molar-refractivity contribution >= 4 is 35.0 Å². The number of rotatable bonds is 5. The third kappa shape index (κ3) is 4.24. The zero-order valence-corrected chi connectivity index (χ0v) is 16.9. The first-order valence-corrected chi connectivity index (χ1v) is 9.59. The molecule has 0 unspecified atom stereocenters. The van der Waals surface area contributed by atoms with Crippen LogP contribution in [0.15, 0.2) is 47.9 Å². The molecular formula is C21H23ClFN5O. The van der Waals surface area contributed by atoms with Crippen LogP contribution in [0.1, 0.15) is 18.4 Å². The number of amides is 1. The van der Waals surface area contributed by atoms with Gasteiger partial charge in [-0.3, -0.25) is 14.8 Å². The maximum atomic E-state index is 14.6. The number of pyridine rings is 1. The molecule has 6 nitrogen and oxygen atoms in total. The number of carbonyl (C=O) groups is 1. The molecule has 1 aliphatic heterocycles. The van der Waals surface area contributed by atoms with Crippen LogP contribution in [0.4, 0.5) is 10.1 Å². The van der Waals surface area contributed by atoms with Gasteiger partial charge in [0.05, 0.1) is 10.7 Å². The molecule has 4 N–H and O–H groups in total. The van der Waals surface area contributed by atoms with Gasteiger partial charge in [-0.1, -0.05) is 35.9 Å². The first kappa shape index (κ1) is 20.8. The molecule has 2 heterocycles. The Morgan fingerprint density at radius 2 is 1.93 bits per heavy atom. The quantitative estimate of drug-likeness (QED) is 0.732. The zero-order chi connectivity index (χ0) is 21.0. The molecule has 152 valence electrons. The second-order valence-corrected chi connectivity index (χ2v) is 7.33. The Labute approximate surface area is 174 Å². The summed E-state index contributed by atoms with van der Waals surface area (Å²) in [7, 11) is 1.69. The van der Waals surface area contributed by atoms with Crippen molar-refractivity contribution in [3.63, 3.8) is 0 Å². The number of nitrogens with two attached hydrogens (primary N) is 2. The van der Waals surface area contributed by atoms with Crippen molar-refractivity contribution in [2.45, 2.75) is 18.5 Å². The molecule has 0 saturated carbocycles. The zero-order valence-electron chi connectivity index (χ0n) is 16.1. The van der Waals surface area contributed by atoms with Crippen molar-refractivity contribution in [1.82, 2.24) is 4.98 Å². The van der Waals surface area contributed by atoms with Crippen LogP contribution in [0, 0.1) is 0 Å². The summed E-state index contributed by atoms with van der Waals surface area (Å²) in [6.07, 6.45) is 6.55. The van der Waals surface area contributed by atoms with E-state index in [-0.39, 0.29) is 12.8 Å². The van der Waals surface area contributed by atoms with Crippen molar-refractivity contribution in [3.8, 4) is 11.1 Å². The number of hydrogen-bond donors (Lipinski definition) is 2. The number of carbonyl (C=O) groups excluding carboxylic acids is 1. The number of allylic oxidation sites excluding steroid dienone is 1. The Balaban J connectivity index is 1.93. The van der Waals surface area contributed by atoms with E-state index in [0.717, 1.165) is 28.0 Å². The molecule has 2 aromatic rings. The topological polar surface area (TPSA) is 97.6 Å². The second kappa shape index (κ2) is 8.61. The van der Waals surface area contributed by atoms with Crippen LogP contribution in [0.5, 0.6) is 0 Å². The summed E-state index contributed by atoms with van der Waals surface area (Å²) in [5.74, 6) is -0.909. The minimum absolute atomic E-state index is 0.0281. The Bertz CT molecular complexity index is 950. The average molecular weight is 416 g/mol. The maximum Gasteiger partial charge on any atom is 0.255 e. The van der Waals surface area contributed by atoms with E-state index in [2.05, 4.69) is 9.98 Å². The molecule has 1 aliphatic rings. The summed E-state index contributed by atoms with van der Waals surface area (Å²) < 4.78 is 14.6. The van der Waals surface area contributed by atoms with Gasteiger partial charge < -0.3 is 16.4 Å². The highest BCUT2D eigenvalue weighted by molar-refractivity contribution is 6.33. The van der Waals surface area contributed by atoms with Gasteiger partial charge in [-0.25, -0.2) is 4.39 Å². The molecule has 1 amide bonds. The largest absolute Gasteiger partial charge is 0.404 e. The number of alkyl halides is 1. The summed E-state index contributed by atoms with van der Waals surface area (Å²) in [6, 6.07) is 7.78. The highest BCUT2D eigenvalue weighted by Crippen LogP contribution is 2.39. The van der Waals surface area contributed by atoms with Gasteiger partial charge >= 0.3 is 0 Å². The molecule has 0 atom stereocenters. The molecule has 0 bridgehead atoms. The number of hydrogen-bond acceptors (Lipinski definition) is 5. The van der Waals surface area contributed by atoms with Crippen LogP contribution in [-0.4, -0.2) is 42.9 Å². The van der Waals surface area contributed by atoms with E-state index in [1.165, 1.54) is 6.20 Å². The van der Waals surface area contributed by atoms with Gasteiger partial charge in [0.1, 0.15) is 0 Å². The monoisotopic (exact) mass is 415 g/mol. The Kier molecular flexibility index (Phi) is 6.17. The summed E-state index contributed by atoms with van der Waals surface area (Å²) in [5.41, 5.74) is 13.2. The summed E-state index contributed by atoms with van der Waals surface area (Å²) >= 11 is 6.46. The number of primary amides is 1. The van der Waals surface area contributed by atoms with Crippen LogP contribution >= 0.6 is 11.6 Å². The number of nitrogens with zero attached hydrogens (tertiary/aromatic N) is 3. The Morgan fingerprint density at radius 3 is 2.48 bits per heavy atom. The van der Waals surface area contributed by atoms with Crippen molar-refractivity contribution in [1.29, 1.82) is 0 Å². The highest BCUT2D eigenvalue weighted by Gasteiger charge is 2.40. The normalized spacial score (nSPS) is 16.9. The lowest BCUT2D eigenvalue weighted by molar-refractivity contribution is -0.130. The van der Waals surface area contributed by atoms with E-state index in [1.807, 2.05) is 29.2 Å². The van der Waals surface area contributed by atoms with Gasteiger partial charge in [0.15, 0.2) is 5.67 Å². The summed E-state index contributed by atoms with van der Waals surface area (Å²) in [5, 5.41) is 0.470. The molecule has 0 spiro atoms. The molecule has 29 heavy (non-hydrogen) atoms. The average Bonchev–Trinajstić information content (AvgIpc) is 2.73. The van der Waals surface area contributed by atoms with Crippen molar-refractivity contribution < 1.29 is 9.18 Å². The van der Waals surface area contributed by atoms with E-state index in [0.29, 0.717) is 18.1 Å². The van der Waals surface area contributed by atoms with E-state index in [9.17, 15) is 9.18 Å². The Morgan fingerprint density at radius 1 is 1.28 bits per heavy atom. The molecule has 0 aliphatic carbocycles. The third-order valence-electron chi connectivity index (χ3n) is 5.16. The second-order valence-electron chi connectivity index (χ2n) is 6.92. The minimum atomic E-state index is -1.97. The molecule has 1 aromatic carbocycles. The van der Waals surface area contributed by atoms with Gasteiger partial charge in [0, 0.05) is 68.9 Å². The SMILES string of the molecule is CN=CC(=CN)c1ccc(-c2cncc(Cl)c2N2CCC(F)(C(N)=O)CC2)cc1. The van der Waals surface area contributed by atoms with Crippen molar-refractivity contribution in [2.75, 3.05) is 25.0 Å². The summed E-state index contributed by atoms with van der Waals surface area (Å²) in [4.78, 5) is 21.6. The number of aliphatic imine (C=N–C) groups is 1. The van der Waals surface area contributed by atoms with Crippen molar-refractivity contribution in [2.24, 2.45) is 16.5 Å². The summed E-state index contributed by atoms with van der Waals surface area (Å²) in [6.45, 7) is 0.669. The lowest BCUT2D eigenvalue weighted by atomic mass is 9.91. The molecule has 3 rings (SSSR count). The molecule has 8 heteroatoms. The van der Waals surface area contributed by atoms with E-state index in [4.69, 9.17) is 23.1 Å². The third-order valence-corrected chi connectivity index (χ3v) is 5.44. The van der Waals surface area contributed by atoms with Gasteiger partial charge in [-0.15, -0.1) is 0 Å². The lowest BCUT2D eigenvalue weighted by Gasteiger charge is -2.37. The van der Waals surface area contributed by atoms with Crippen molar-refractivity contribution in [3.05, 3.63) is 53.4 Å². The smallest absolute Gasteiger partial charge is 0.255 e. The van der Waals surface area contributed by atoms with E-state index in [1.54, 1.807) is 25.7 Å². The number of halogens is 2. The number of piperidine rings is 1. The highest BCUT2D eigenvalue weighted by atomic mass is 35.5. The number of anilines is 1. The molecule has 1 saturated heterocycles. The fourth-order valence-electron chi connectivity index (χ4n) is 3.49. The van der Waals surface area contributed by atoms with E-state index < -0.39 is 11.6 Å². The number of aromatic nitrogens is 1. The van der Waals surface area contributed by atoms with Crippen LogP contribution in [0.2, 0.25) is 5.02 Å².